The highest BCUT2D eigenvalue weighted by atomic mass is 16.3. The van der Waals surface area contributed by atoms with Crippen LogP contribution in [0.25, 0.3) is 21.9 Å². The Balaban J connectivity index is 1.52. The molecule has 1 heterocycles. The molecule has 0 atom stereocenters. The molecule has 5 rings (SSSR count). The molecule has 0 bridgehead atoms. The van der Waals surface area contributed by atoms with Crippen LogP contribution in [0.1, 0.15) is 22.3 Å². The van der Waals surface area contributed by atoms with Gasteiger partial charge in [-0.05, 0) is 87.4 Å². The standard InChI is InChI=1S/C28H26N2O/c1-17-5-9-25(19(3)13-17)29-21-7-11-27-23(15-21)24-16-22(8-12-28(24)31-27)30-26-10-6-18(2)14-20(26)4/h5-16,29-30H,1-4H3. The Labute approximate surface area is 182 Å². The first-order chi connectivity index (χ1) is 15.0. The van der Waals surface area contributed by atoms with Crippen LogP contribution in [-0.4, -0.2) is 0 Å². The number of furan rings is 1. The van der Waals surface area contributed by atoms with Gasteiger partial charge in [0.2, 0.25) is 0 Å². The van der Waals surface area contributed by atoms with Crippen molar-refractivity contribution in [1.82, 2.24) is 0 Å². The first-order valence-corrected chi connectivity index (χ1v) is 10.6. The topological polar surface area (TPSA) is 37.2 Å². The summed E-state index contributed by atoms with van der Waals surface area (Å²) in [5.41, 5.74) is 11.1. The molecule has 154 valence electrons. The van der Waals surface area contributed by atoms with Crippen LogP contribution in [-0.2, 0) is 0 Å². The van der Waals surface area contributed by atoms with Crippen LogP contribution in [0.2, 0.25) is 0 Å². The molecule has 0 spiro atoms. The van der Waals surface area contributed by atoms with Crippen molar-refractivity contribution >= 4 is 44.7 Å². The molecule has 2 N–H and O–H groups in total. The average molecular weight is 407 g/mol. The Hall–Kier alpha value is -3.72. The summed E-state index contributed by atoms with van der Waals surface area (Å²) >= 11 is 0. The highest BCUT2D eigenvalue weighted by molar-refractivity contribution is 6.07. The molecule has 0 amide bonds. The number of hydrogen-bond donors (Lipinski definition) is 2. The molecule has 0 unspecified atom stereocenters. The second-order valence-corrected chi connectivity index (χ2v) is 8.41. The summed E-state index contributed by atoms with van der Waals surface area (Å²) in [6.45, 7) is 8.49. The molecule has 31 heavy (non-hydrogen) atoms. The number of hydrogen-bond acceptors (Lipinski definition) is 3. The van der Waals surface area contributed by atoms with Gasteiger partial charge >= 0.3 is 0 Å². The normalized spacial score (nSPS) is 11.2. The van der Waals surface area contributed by atoms with Crippen LogP contribution in [0.15, 0.2) is 77.2 Å². The summed E-state index contributed by atoms with van der Waals surface area (Å²) < 4.78 is 6.09. The fourth-order valence-electron chi connectivity index (χ4n) is 4.15. The zero-order valence-corrected chi connectivity index (χ0v) is 18.3. The van der Waals surface area contributed by atoms with Gasteiger partial charge in [-0.1, -0.05) is 35.4 Å². The summed E-state index contributed by atoms with van der Waals surface area (Å²) in [5, 5.41) is 9.32. The number of nitrogens with one attached hydrogen (secondary N) is 2. The van der Waals surface area contributed by atoms with E-state index >= 15 is 0 Å². The smallest absolute Gasteiger partial charge is 0.135 e. The van der Waals surface area contributed by atoms with Crippen molar-refractivity contribution in [3.63, 3.8) is 0 Å². The van der Waals surface area contributed by atoms with E-state index in [9.17, 15) is 0 Å². The van der Waals surface area contributed by atoms with Gasteiger partial charge in [0, 0.05) is 33.5 Å². The molecule has 0 aliphatic heterocycles. The van der Waals surface area contributed by atoms with Crippen molar-refractivity contribution in [3.05, 3.63) is 95.1 Å². The van der Waals surface area contributed by atoms with Crippen LogP contribution in [0, 0.1) is 27.7 Å². The number of fused-ring (bicyclic) bond motifs is 3. The van der Waals surface area contributed by atoms with Crippen molar-refractivity contribution in [2.75, 3.05) is 10.6 Å². The van der Waals surface area contributed by atoms with E-state index in [4.69, 9.17) is 4.42 Å². The van der Waals surface area contributed by atoms with Gasteiger partial charge in [-0.15, -0.1) is 0 Å². The van der Waals surface area contributed by atoms with Crippen molar-refractivity contribution in [1.29, 1.82) is 0 Å². The molecular weight excluding hydrogens is 380 g/mol. The Morgan fingerprint density at radius 1 is 0.516 bits per heavy atom. The van der Waals surface area contributed by atoms with E-state index in [0.717, 1.165) is 44.7 Å². The van der Waals surface area contributed by atoms with Crippen molar-refractivity contribution in [2.45, 2.75) is 27.7 Å². The largest absolute Gasteiger partial charge is 0.456 e. The predicted octanol–water partition coefficient (Wildman–Crippen LogP) is 8.31. The molecule has 0 saturated heterocycles. The molecule has 1 aromatic heterocycles. The third kappa shape index (κ3) is 3.75. The van der Waals surface area contributed by atoms with Crippen LogP contribution in [0.4, 0.5) is 22.7 Å². The minimum atomic E-state index is 0.893. The third-order valence-electron chi connectivity index (χ3n) is 5.79. The van der Waals surface area contributed by atoms with Crippen LogP contribution < -0.4 is 10.6 Å². The van der Waals surface area contributed by atoms with E-state index in [1.165, 1.54) is 22.3 Å². The van der Waals surface area contributed by atoms with Gasteiger partial charge in [0.15, 0.2) is 0 Å². The minimum absolute atomic E-state index is 0.893. The van der Waals surface area contributed by atoms with E-state index in [0.29, 0.717) is 0 Å². The summed E-state index contributed by atoms with van der Waals surface area (Å²) in [7, 11) is 0. The molecule has 0 radical (unpaired) electrons. The Morgan fingerprint density at radius 3 is 1.39 bits per heavy atom. The maximum atomic E-state index is 6.09. The lowest BCUT2D eigenvalue weighted by molar-refractivity contribution is 0.669. The zero-order valence-electron chi connectivity index (χ0n) is 18.3. The van der Waals surface area contributed by atoms with Crippen LogP contribution in [0.5, 0.6) is 0 Å². The lowest BCUT2D eigenvalue weighted by Crippen LogP contribution is -1.93. The van der Waals surface area contributed by atoms with Gasteiger partial charge in [-0.25, -0.2) is 0 Å². The lowest BCUT2D eigenvalue weighted by Gasteiger charge is -2.11. The molecule has 0 aliphatic carbocycles. The zero-order chi connectivity index (χ0) is 21.5. The maximum absolute atomic E-state index is 6.09. The van der Waals surface area contributed by atoms with E-state index in [1.54, 1.807) is 0 Å². The summed E-state index contributed by atoms with van der Waals surface area (Å²) in [6, 6.07) is 25.5. The molecule has 0 aliphatic rings. The van der Waals surface area contributed by atoms with Crippen molar-refractivity contribution in [2.24, 2.45) is 0 Å². The first kappa shape index (κ1) is 19.3. The fraction of sp³-hybridized carbons (Fsp3) is 0.143. The molecule has 0 saturated carbocycles. The van der Waals surface area contributed by atoms with Gasteiger partial charge in [0.05, 0.1) is 0 Å². The van der Waals surface area contributed by atoms with Gasteiger partial charge in [0.1, 0.15) is 11.2 Å². The number of benzene rings is 4. The fourth-order valence-corrected chi connectivity index (χ4v) is 4.15. The highest BCUT2D eigenvalue weighted by Gasteiger charge is 2.10. The quantitative estimate of drug-likeness (QED) is 0.315. The number of rotatable bonds is 4. The Bertz CT molecular complexity index is 1320. The Kier molecular flexibility index (Phi) is 4.67. The monoisotopic (exact) mass is 406 g/mol. The van der Waals surface area contributed by atoms with E-state index in [2.05, 4.69) is 99.0 Å². The SMILES string of the molecule is Cc1ccc(Nc2ccc3oc4ccc(Nc5ccc(C)cc5C)cc4c3c2)c(C)c1. The molecule has 0 fully saturated rings. The molecule has 3 heteroatoms. The second kappa shape index (κ2) is 7.51. The van der Waals surface area contributed by atoms with E-state index < -0.39 is 0 Å². The maximum Gasteiger partial charge on any atom is 0.135 e. The van der Waals surface area contributed by atoms with Crippen LogP contribution >= 0.6 is 0 Å². The number of aryl methyl sites for hydroxylation is 4. The van der Waals surface area contributed by atoms with Crippen molar-refractivity contribution in [3.8, 4) is 0 Å². The molecular formula is C28H26N2O. The van der Waals surface area contributed by atoms with E-state index in [1.807, 2.05) is 12.1 Å². The van der Waals surface area contributed by atoms with Crippen LogP contribution in [0.3, 0.4) is 0 Å². The molecule has 4 aromatic carbocycles. The first-order valence-electron chi connectivity index (χ1n) is 10.6. The Morgan fingerprint density at radius 2 is 0.968 bits per heavy atom. The van der Waals surface area contributed by atoms with Gasteiger partial charge in [-0.2, -0.15) is 0 Å². The summed E-state index contributed by atoms with van der Waals surface area (Å²) in [6.07, 6.45) is 0. The molecule has 3 nitrogen and oxygen atoms in total. The van der Waals surface area contributed by atoms with Gasteiger partial charge in [0.25, 0.3) is 0 Å². The highest BCUT2D eigenvalue weighted by Crippen LogP contribution is 2.34. The minimum Gasteiger partial charge on any atom is -0.456 e. The van der Waals surface area contributed by atoms with Crippen molar-refractivity contribution < 1.29 is 4.42 Å². The van der Waals surface area contributed by atoms with E-state index in [-0.39, 0.29) is 0 Å². The van der Waals surface area contributed by atoms with Gasteiger partial charge < -0.3 is 15.1 Å². The summed E-state index contributed by atoms with van der Waals surface area (Å²) in [4.78, 5) is 0. The van der Waals surface area contributed by atoms with Gasteiger partial charge in [-0.3, -0.25) is 0 Å². The average Bonchev–Trinajstić information content (AvgIpc) is 3.09. The third-order valence-corrected chi connectivity index (χ3v) is 5.79. The predicted molar refractivity (Wildman–Crippen MR) is 132 cm³/mol. The molecule has 5 aromatic rings. The number of anilines is 4. The second-order valence-electron chi connectivity index (χ2n) is 8.41. The lowest BCUT2D eigenvalue weighted by atomic mass is 10.1. The summed E-state index contributed by atoms with van der Waals surface area (Å²) in [5.74, 6) is 0.